The molecule has 2 aromatic rings. The number of hydrogen-bond donors (Lipinski definition) is 1. The summed E-state index contributed by atoms with van der Waals surface area (Å²) in [6, 6.07) is 8.57. The number of benzene rings is 1. The summed E-state index contributed by atoms with van der Waals surface area (Å²) in [5.41, 5.74) is 8.04. The number of rotatable bonds is 3. The molecule has 2 N–H and O–H groups in total. The molecule has 6 heteroatoms. The first kappa shape index (κ1) is 14.8. The van der Waals surface area contributed by atoms with Gasteiger partial charge >= 0.3 is 0 Å². The third-order valence-corrected chi connectivity index (χ3v) is 5.96. The average Bonchev–Trinajstić information content (AvgIpc) is 2.91. The Bertz CT molecular complexity index is 820. The highest BCUT2D eigenvalue weighted by Gasteiger charge is 2.29. The summed E-state index contributed by atoms with van der Waals surface area (Å²) in [5.74, 6) is -0.666. The van der Waals surface area contributed by atoms with E-state index in [1.54, 1.807) is 30.5 Å². The fourth-order valence-electron chi connectivity index (χ4n) is 2.89. The summed E-state index contributed by atoms with van der Waals surface area (Å²) < 4.78 is 26.9. The molecule has 1 unspecified atom stereocenters. The number of nitrogens with zero attached hydrogens (tertiary/aromatic N) is 1. The number of carbonyl (C=O) groups excluding carboxylic acids is 1. The van der Waals surface area contributed by atoms with E-state index in [0.29, 0.717) is 25.0 Å². The van der Waals surface area contributed by atoms with Gasteiger partial charge in [0.2, 0.25) is 5.91 Å². The van der Waals surface area contributed by atoms with Crippen LogP contribution in [-0.4, -0.2) is 18.3 Å². The molecule has 0 saturated carbocycles. The third-order valence-electron chi connectivity index (χ3n) is 4.23. The summed E-state index contributed by atoms with van der Waals surface area (Å²) in [6.45, 7) is 1.91. The molecule has 1 aliphatic rings. The summed E-state index contributed by atoms with van der Waals surface area (Å²) >= 11 is 0. The Kier molecular flexibility index (Phi) is 3.56. The first-order valence-corrected chi connectivity index (χ1v) is 8.64. The molecule has 0 radical (unpaired) electrons. The molecule has 1 amide bonds. The van der Waals surface area contributed by atoms with Crippen LogP contribution in [0.1, 0.15) is 23.2 Å². The molecule has 1 atom stereocenters. The number of aromatic nitrogens is 1. The Morgan fingerprint density at radius 1 is 1.23 bits per heavy atom. The summed E-state index contributed by atoms with van der Waals surface area (Å²) in [7, 11) is -3.64. The fraction of sp³-hybridized carbons (Fsp3) is 0.312. The number of primary amides is 1. The topological polar surface area (TPSA) is 82.2 Å². The highest BCUT2D eigenvalue weighted by Crippen LogP contribution is 2.29. The zero-order valence-electron chi connectivity index (χ0n) is 12.3. The Hall–Kier alpha value is -2.08. The van der Waals surface area contributed by atoms with Gasteiger partial charge in [0.05, 0.1) is 4.90 Å². The van der Waals surface area contributed by atoms with Crippen molar-refractivity contribution in [3.8, 4) is 0 Å². The van der Waals surface area contributed by atoms with Gasteiger partial charge in [-0.25, -0.2) is 12.4 Å². The summed E-state index contributed by atoms with van der Waals surface area (Å²) in [6.07, 6.45) is 3.31. The second-order valence-electron chi connectivity index (χ2n) is 5.74. The van der Waals surface area contributed by atoms with E-state index in [1.807, 2.05) is 13.0 Å². The maximum absolute atomic E-state index is 12.8. The second kappa shape index (κ2) is 5.28. The molecule has 116 valence electrons. The van der Waals surface area contributed by atoms with Crippen molar-refractivity contribution in [2.45, 2.75) is 31.1 Å². The van der Waals surface area contributed by atoms with Crippen LogP contribution in [-0.2, 0) is 27.7 Å². The van der Waals surface area contributed by atoms with Crippen molar-refractivity contribution in [1.82, 2.24) is 3.97 Å². The van der Waals surface area contributed by atoms with Gasteiger partial charge in [0.15, 0.2) is 0 Å². The molecule has 0 spiro atoms. The first-order chi connectivity index (χ1) is 10.4. The van der Waals surface area contributed by atoms with Crippen LogP contribution in [0.5, 0.6) is 0 Å². The van der Waals surface area contributed by atoms with Gasteiger partial charge in [-0.3, -0.25) is 4.79 Å². The highest BCUT2D eigenvalue weighted by atomic mass is 32.2. The van der Waals surface area contributed by atoms with Gasteiger partial charge in [0.25, 0.3) is 10.0 Å². The molecule has 0 aliphatic heterocycles. The lowest BCUT2D eigenvalue weighted by molar-refractivity contribution is -0.122. The minimum Gasteiger partial charge on any atom is -0.369 e. The van der Waals surface area contributed by atoms with Crippen molar-refractivity contribution in [2.75, 3.05) is 0 Å². The quantitative estimate of drug-likeness (QED) is 0.933. The van der Waals surface area contributed by atoms with Crippen molar-refractivity contribution in [3.63, 3.8) is 0 Å². The van der Waals surface area contributed by atoms with Crippen molar-refractivity contribution in [3.05, 3.63) is 53.3 Å². The standard InChI is InChI=1S/C16H18N2O3S/c1-11-2-6-14(7-3-11)22(20,21)18-9-8-12-4-5-13(16(17)19)10-15(12)18/h2-3,6-9,13H,4-5,10H2,1H3,(H2,17,19). The Morgan fingerprint density at radius 3 is 2.55 bits per heavy atom. The van der Waals surface area contributed by atoms with Crippen LogP contribution < -0.4 is 5.73 Å². The minimum atomic E-state index is -3.64. The lowest BCUT2D eigenvalue weighted by Crippen LogP contribution is -2.30. The van der Waals surface area contributed by atoms with Gasteiger partial charge in [-0.05, 0) is 43.5 Å². The molecule has 0 fully saturated rings. The summed E-state index contributed by atoms with van der Waals surface area (Å²) in [5, 5.41) is 0. The van der Waals surface area contributed by atoms with E-state index in [0.717, 1.165) is 11.1 Å². The molecule has 1 aliphatic carbocycles. The second-order valence-corrected chi connectivity index (χ2v) is 7.56. The van der Waals surface area contributed by atoms with Crippen LogP contribution in [0.4, 0.5) is 0 Å². The van der Waals surface area contributed by atoms with E-state index in [2.05, 4.69) is 0 Å². The van der Waals surface area contributed by atoms with Crippen LogP contribution >= 0.6 is 0 Å². The molecule has 1 aromatic carbocycles. The van der Waals surface area contributed by atoms with Crippen molar-refractivity contribution in [1.29, 1.82) is 0 Å². The number of aryl methyl sites for hydroxylation is 2. The van der Waals surface area contributed by atoms with Gasteiger partial charge in [0, 0.05) is 24.2 Å². The van der Waals surface area contributed by atoms with Crippen LogP contribution in [0, 0.1) is 12.8 Å². The molecule has 3 rings (SSSR count). The van der Waals surface area contributed by atoms with Crippen LogP contribution in [0.25, 0.3) is 0 Å². The van der Waals surface area contributed by atoms with Gasteiger partial charge in [0.1, 0.15) is 0 Å². The normalized spacial score (nSPS) is 18.0. The zero-order chi connectivity index (χ0) is 15.9. The van der Waals surface area contributed by atoms with E-state index < -0.39 is 10.0 Å². The van der Waals surface area contributed by atoms with Gasteiger partial charge in [-0.2, -0.15) is 0 Å². The Balaban J connectivity index is 2.05. The molecule has 22 heavy (non-hydrogen) atoms. The van der Waals surface area contributed by atoms with Crippen molar-refractivity contribution in [2.24, 2.45) is 11.7 Å². The number of nitrogens with two attached hydrogens (primary N) is 1. The number of hydrogen-bond acceptors (Lipinski definition) is 3. The number of carbonyl (C=O) groups is 1. The minimum absolute atomic E-state index is 0.248. The first-order valence-electron chi connectivity index (χ1n) is 7.20. The maximum atomic E-state index is 12.8. The molecular formula is C16H18N2O3S. The smallest absolute Gasteiger partial charge is 0.267 e. The molecule has 0 bridgehead atoms. The third kappa shape index (κ3) is 2.43. The van der Waals surface area contributed by atoms with Crippen LogP contribution in [0.15, 0.2) is 41.4 Å². The average molecular weight is 318 g/mol. The largest absolute Gasteiger partial charge is 0.369 e. The molecule has 0 saturated heterocycles. The number of amides is 1. The predicted molar refractivity (Wildman–Crippen MR) is 82.9 cm³/mol. The monoisotopic (exact) mass is 318 g/mol. The molecule has 5 nitrogen and oxygen atoms in total. The Labute approximate surface area is 129 Å². The molecule has 1 aromatic heterocycles. The van der Waals surface area contributed by atoms with E-state index in [1.165, 1.54) is 3.97 Å². The van der Waals surface area contributed by atoms with E-state index in [-0.39, 0.29) is 16.7 Å². The summed E-state index contributed by atoms with van der Waals surface area (Å²) in [4.78, 5) is 11.7. The van der Waals surface area contributed by atoms with Crippen LogP contribution in [0.3, 0.4) is 0 Å². The lowest BCUT2D eigenvalue weighted by atomic mass is 9.88. The Morgan fingerprint density at radius 2 is 1.91 bits per heavy atom. The molecular weight excluding hydrogens is 300 g/mol. The van der Waals surface area contributed by atoms with Gasteiger partial charge in [-0.15, -0.1) is 0 Å². The molecule has 1 heterocycles. The highest BCUT2D eigenvalue weighted by molar-refractivity contribution is 7.90. The lowest BCUT2D eigenvalue weighted by Gasteiger charge is -2.21. The fourth-order valence-corrected chi connectivity index (χ4v) is 4.30. The van der Waals surface area contributed by atoms with Crippen LogP contribution in [0.2, 0.25) is 0 Å². The maximum Gasteiger partial charge on any atom is 0.267 e. The van der Waals surface area contributed by atoms with Gasteiger partial charge in [-0.1, -0.05) is 17.7 Å². The number of fused-ring (bicyclic) bond motifs is 1. The van der Waals surface area contributed by atoms with E-state index in [4.69, 9.17) is 5.73 Å². The van der Waals surface area contributed by atoms with Gasteiger partial charge < -0.3 is 5.73 Å². The predicted octanol–water partition coefficient (Wildman–Crippen LogP) is 1.62. The van der Waals surface area contributed by atoms with E-state index >= 15 is 0 Å². The zero-order valence-corrected chi connectivity index (χ0v) is 13.1. The van der Waals surface area contributed by atoms with Crippen molar-refractivity contribution < 1.29 is 13.2 Å². The van der Waals surface area contributed by atoms with Crippen molar-refractivity contribution >= 4 is 15.9 Å². The SMILES string of the molecule is Cc1ccc(S(=O)(=O)n2ccc3c2CC(C(N)=O)CC3)cc1. The van der Waals surface area contributed by atoms with E-state index in [9.17, 15) is 13.2 Å².